The molecule has 0 radical (unpaired) electrons. The van der Waals surface area contributed by atoms with Crippen LogP contribution in [0.5, 0.6) is 0 Å². The van der Waals surface area contributed by atoms with Crippen LogP contribution in [0.1, 0.15) is 33.1 Å². The van der Waals surface area contributed by atoms with E-state index >= 15 is 0 Å². The molecule has 6 nitrogen and oxygen atoms in total. The monoisotopic (exact) mass is 338 g/mol. The lowest BCUT2D eigenvalue weighted by Gasteiger charge is -2.34. The molecule has 3 rings (SSSR count). The molecule has 1 saturated heterocycles. The quantitative estimate of drug-likeness (QED) is 0.857. The standard InChI is InChI=1S/C19H22N4O2/c1-13-4-6-16(7-5-13)11-22-8-9-23(12-18(22)24)19(25)17-10-14(2)20-15(3)21-17/h4-7,10H,8-9,11-12H2,1-3H3. The molecule has 0 bridgehead atoms. The molecule has 2 aromatic rings. The minimum absolute atomic E-state index is 0.0392. The van der Waals surface area contributed by atoms with Crippen LogP contribution in [0.25, 0.3) is 0 Å². The van der Waals surface area contributed by atoms with Crippen molar-refractivity contribution >= 4 is 11.8 Å². The van der Waals surface area contributed by atoms with Gasteiger partial charge in [-0.1, -0.05) is 29.8 Å². The van der Waals surface area contributed by atoms with E-state index in [2.05, 4.69) is 9.97 Å². The number of piperazine rings is 1. The Balaban J connectivity index is 1.65. The molecule has 1 fully saturated rings. The zero-order chi connectivity index (χ0) is 18.0. The lowest BCUT2D eigenvalue weighted by Crippen LogP contribution is -2.52. The van der Waals surface area contributed by atoms with Crippen molar-refractivity contribution in [1.82, 2.24) is 19.8 Å². The summed E-state index contributed by atoms with van der Waals surface area (Å²) in [6, 6.07) is 9.82. The number of rotatable bonds is 3. The Labute approximate surface area is 147 Å². The number of hydrogen-bond acceptors (Lipinski definition) is 4. The van der Waals surface area contributed by atoms with E-state index in [4.69, 9.17) is 0 Å². The average molecular weight is 338 g/mol. The first-order chi connectivity index (χ1) is 11.9. The Hall–Kier alpha value is -2.76. The van der Waals surface area contributed by atoms with Crippen molar-refractivity contribution in [1.29, 1.82) is 0 Å². The molecule has 2 amide bonds. The van der Waals surface area contributed by atoms with Gasteiger partial charge in [-0.3, -0.25) is 9.59 Å². The Morgan fingerprint density at radius 1 is 1.08 bits per heavy atom. The molecule has 1 aromatic carbocycles. The highest BCUT2D eigenvalue weighted by atomic mass is 16.2. The van der Waals surface area contributed by atoms with E-state index in [1.165, 1.54) is 5.56 Å². The Kier molecular flexibility index (Phi) is 4.79. The Morgan fingerprint density at radius 3 is 2.44 bits per heavy atom. The number of nitrogens with zero attached hydrogens (tertiary/aromatic N) is 4. The smallest absolute Gasteiger partial charge is 0.273 e. The van der Waals surface area contributed by atoms with E-state index in [0.29, 0.717) is 31.2 Å². The van der Waals surface area contributed by atoms with Gasteiger partial charge in [0, 0.05) is 25.3 Å². The maximum atomic E-state index is 12.6. The predicted molar refractivity (Wildman–Crippen MR) is 94.0 cm³/mol. The first kappa shape index (κ1) is 17.1. The highest BCUT2D eigenvalue weighted by molar-refractivity contribution is 5.95. The fourth-order valence-corrected chi connectivity index (χ4v) is 2.95. The van der Waals surface area contributed by atoms with Gasteiger partial charge in [0.25, 0.3) is 5.91 Å². The third kappa shape index (κ3) is 4.02. The largest absolute Gasteiger partial charge is 0.335 e. The van der Waals surface area contributed by atoms with Gasteiger partial charge in [0.2, 0.25) is 5.91 Å². The van der Waals surface area contributed by atoms with E-state index in [0.717, 1.165) is 11.3 Å². The summed E-state index contributed by atoms with van der Waals surface area (Å²) in [6.45, 7) is 7.33. The molecule has 1 aliphatic heterocycles. The predicted octanol–water partition coefficient (Wildman–Crippen LogP) is 1.89. The summed E-state index contributed by atoms with van der Waals surface area (Å²) >= 11 is 0. The maximum Gasteiger partial charge on any atom is 0.273 e. The normalized spacial score (nSPS) is 14.8. The average Bonchev–Trinajstić information content (AvgIpc) is 2.57. The minimum atomic E-state index is -0.211. The van der Waals surface area contributed by atoms with Crippen LogP contribution in [0.15, 0.2) is 30.3 Å². The van der Waals surface area contributed by atoms with Gasteiger partial charge in [0.1, 0.15) is 18.1 Å². The molecule has 0 spiro atoms. The first-order valence-electron chi connectivity index (χ1n) is 8.37. The van der Waals surface area contributed by atoms with Crippen LogP contribution in [-0.2, 0) is 11.3 Å². The summed E-state index contributed by atoms with van der Waals surface area (Å²) in [5, 5.41) is 0. The number of benzene rings is 1. The third-order valence-corrected chi connectivity index (χ3v) is 4.29. The number of aryl methyl sites for hydroxylation is 3. The lowest BCUT2D eigenvalue weighted by atomic mass is 10.1. The van der Waals surface area contributed by atoms with Gasteiger partial charge in [-0.15, -0.1) is 0 Å². The van der Waals surface area contributed by atoms with Gasteiger partial charge < -0.3 is 9.80 Å². The number of carbonyl (C=O) groups is 2. The van der Waals surface area contributed by atoms with Crippen molar-refractivity contribution in [2.24, 2.45) is 0 Å². The molecule has 1 aliphatic rings. The molecular formula is C19H22N4O2. The van der Waals surface area contributed by atoms with Gasteiger partial charge >= 0.3 is 0 Å². The Morgan fingerprint density at radius 2 is 1.80 bits per heavy atom. The van der Waals surface area contributed by atoms with Crippen molar-refractivity contribution in [3.8, 4) is 0 Å². The van der Waals surface area contributed by atoms with E-state index in [-0.39, 0.29) is 18.4 Å². The van der Waals surface area contributed by atoms with Crippen molar-refractivity contribution in [3.05, 3.63) is 58.7 Å². The SMILES string of the molecule is Cc1ccc(CN2CCN(C(=O)c3cc(C)nc(C)n3)CC2=O)cc1. The maximum absolute atomic E-state index is 12.6. The second-order valence-corrected chi connectivity index (χ2v) is 6.47. The summed E-state index contributed by atoms with van der Waals surface area (Å²) < 4.78 is 0. The van der Waals surface area contributed by atoms with Crippen LogP contribution in [-0.4, -0.2) is 51.2 Å². The Bertz CT molecular complexity index is 781. The molecule has 1 aromatic heterocycles. The number of aromatic nitrogens is 2. The van der Waals surface area contributed by atoms with Crippen molar-refractivity contribution in [2.75, 3.05) is 19.6 Å². The summed E-state index contributed by atoms with van der Waals surface area (Å²) in [7, 11) is 0. The second kappa shape index (κ2) is 7.01. The van der Waals surface area contributed by atoms with Gasteiger partial charge in [-0.25, -0.2) is 9.97 Å². The van der Waals surface area contributed by atoms with Crippen molar-refractivity contribution < 1.29 is 9.59 Å². The summed E-state index contributed by atoms with van der Waals surface area (Å²) in [6.07, 6.45) is 0. The van der Waals surface area contributed by atoms with Crippen molar-refractivity contribution in [3.63, 3.8) is 0 Å². The molecule has 0 unspecified atom stereocenters. The number of carbonyl (C=O) groups excluding carboxylic acids is 2. The van der Waals surface area contributed by atoms with Crippen LogP contribution in [0.3, 0.4) is 0 Å². The zero-order valence-electron chi connectivity index (χ0n) is 14.8. The van der Waals surface area contributed by atoms with Gasteiger partial charge in [-0.2, -0.15) is 0 Å². The number of amides is 2. The molecule has 2 heterocycles. The summed E-state index contributed by atoms with van der Waals surface area (Å²) in [5.74, 6) is 0.312. The molecule has 130 valence electrons. The minimum Gasteiger partial charge on any atom is -0.335 e. The van der Waals surface area contributed by atoms with Crippen LogP contribution >= 0.6 is 0 Å². The van der Waals surface area contributed by atoms with Crippen molar-refractivity contribution in [2.45, 2.75) is 27.3 Å². The van der Waals surface area contributed by atoms with Gasteiger partial charge in [0.05, 0.1) is 0 Å². The molecule has 0 saturated carbocycles. The fraction of sp³-hybridized carbons (Fsp3) is 0.368. The summed E-state index contributed by atoms with van der Waals surface area (Å²) in [5.41, 5.74) is 3.40. The highest BCUT2D eigenvalue weighted by Crippen LogP contribution is 2.13. The fourth-order valence-electron chi connectivity index (χ4n) is 2.95. The molecule has 6 heteroatoms. The molecule has 0 atom stereocenters. The topological polar surface area (TPSA) is 66.4 Å². The van der Waals surface area contributed by atoms with E-state index in [1.54, 1.807) is 22.8 Å². The van der Waals surface area contributed by atoms with Crippen LogP contribution in [0.4, 0.5) is 0 Å². The summed E-state index contributed by atoms with van der Waals surface area (Å²) in [4.78, 5) is 36.8. The van der Waals surface area contributed by atoms with E-state index in [1.807, 2.05) is 38.1 Å². The third-order valence-electron chi connectivity index (χ3n) is 4.29. The van der Waals surface area contributed by atoms with Crippen LogP contribution in [0, 0.1) is 20.8 Å². The number of hydrogen-bond donors (Lipinski definition) is 0. The van der Waals surface area contributed by atoms with E-state index in [9.17, 15) is 9.59 Å². The molecule has 0 aliphatic carbocycles. The van der Waals surface area contributed by atoms with Gasteiger partial charge in [-0.05, 0) is 32.4 Å². The highest BCUT2D eigenvalue weighted by Gasteiger charge is 2.28. The lowest BCUT2D eigenvalue weighted by molar-refractivity contribution is -0.135. The molecular weight excluding hydrogens is 316 g/mol. The van der Waals surface area contributed by atoms with E-state index < -0.39 is 0 Å². The zero-order valence-corrected chi connectivity index (χ0v) is 14.8. The van der Waals surface area contributed by atoms with Gasteiger partial charge in [0.15, 0.2) is 0 Å². The van der Waals surface area contributed by atoms with Crippen LogP contribution in [0.2, 0.25) is 0 Å². The molecule has 25 heavy (non-hydrogen) atoms. The molecule has 0 N–H and O–H groups in total. The van der Waals surface area contributed by atoms with Crippen LogP contribution < -0.4 is 0 Å². The second-order valence-electron chi connectivity index (χ2n) is 6.47. The first-order valence-corrected chi connectivity index (χ1v) is 8.37.